The topological polar surface area (TPSA) is 74.1 Å². The summed E-state index contributed by atoms with van der Waals surface area (Å²) >= 11 is 5.78. The molecule has 23 heavy (non-hydrogen) atoms. The van der Waals surface area contributed by atoms with E-state index in [0.717, 1.165) is 11.4 Å². The minimum atomic E-state index is -0.504. The standard InChI is InChI=1S/C17H14ClN3O2/c1-23-16-8-6-14(7-9-16)20-11-12(10-19)17(22)21-15-4-2-13(18)3-5-15/h2-9,11,20H,1H3,(H,21,22)/b12-11-. The van der Waals surface area contributed by atoms with E-state index >= 15 is 0 Å². The van der Waals surface area contributed by atoms with Crippen LogP contribution in [0.4, 0.5) is 11.4 Å². The van der Waals surface area contributed by atoms with Crippen LogP contribution in [0.5, 0.6) is 5.75 Å². The summed E-state index contributed by atoms with van der Waals surface area (Å²) in [5.41, 5.74) is 1.25. The van der Waals surface area contributed by atoms with E-state index < -0.39 is 5.91 Å². The van der Waals surface area contributed by atoms with Gasteiger partial charge >= 0.3 is 0 Å². The highest BCUT2D eigenvalue weighted by atomic mass is 35.5. The average Bonchev–Trinajstić information content (AvgIpc) is 2.58. The van der Waals surface area contributed by atoms with Gasteiger partial charge in [0.2, 0.25) is 0 Å². The Morgan fingerprint density at radius 3 is 2.30 bits per heavy atom. The maximum absolute atomic E-state index is 12.1. The lowest BCUT2D eigenvalue weighted by atomic mass is 10.2. The van der Waals surface area contributed by atoms with Gasteiger partial charge in [-0.05, 0) is 48.5 Å². The first-order valence-electron chi connectivity index (χ1n) is 6.70. The average molecular weight is 328 g/mol. The molecule has 0 radical (unpaired) electrons. The fourth-order valence-electron chi connectivity index (χ4n) is 1.72. The van der Waals surface area contributed by atoms with Crippen LogP contribution in [-0.4, -0.2) is 13.0 Å². The number of nitriles is 1. The molecular weight excluding hydrogens is 314 g/mol. The van der Waals surface area contributed by atoms with E-state index in [9.17, 15) is 4.79 Å². The van der Waals surface area contributed by atoms with E-state index in [4.69, 9.17) is 21.6 Å². The number of halogens is 1. The molecule has 0 aromatic heterocycles. The molecular formula is C17H14ClN3O2. The van der Waals surface area contributed by atoms with Gasteiger partial charge < -0.3 is 15.4 Å². The lowest BCUT2D eigenvalue weighted by Gasteiger charge is -2.06. The molecule has 6 heteroatoms. The molecule has 2 aromatic carbocycles. The number of carbonyl (C=O) groups is 1. The maximum Gasteiger partial charge on any atom is 0.267 e. The Morgan fingerprint density at radius 2 is 1.74 bits per heavy atom. The van der Waals surface area contributed by atoms with Crippen molar-refractivity contribution >= 4 is 28.9 Å². The Hall–Kier alpha value is -2.97. The number of hydrogen-bond acceptors (Lipinski definition) is 4. The van der Waals surface area contributed by atoms with Gasteiger partial charge in [0.1, 0.15) is 17.4 Å². The first kappa shape index (κ1) is 16.4. The van der Waals surface area contributed by atoms with Crippen LogP contribution in [0.3, 0.4) is 0 Å². The SMILES string of the molecule is COc1ccc(N/C=C(/C#N)C(=O)Nc2ccc(Cl)cc2)cc1. The second-order valence-electron chi connectivity index (χ2n) is 4.50. The number of nitrogens with zero attached hydrogens (tertiary/aromatic N) is 1. The molecule has 0 heterocycles. The molecule has 0 bridgehead atoms. The van der Waals surface area contributed by atoms with E-state index in [1.165, 1.54) is 6.20 Å². The van der Waals surface area contributed by atoms with Crippen LogP contribution in [0.25, 0.3) is 0 Å². The largest absolute Gasteiger partial charge is 0.497 e. The molecule has 0 saturated heterocycles. The molecule has 0 atom stereocenters. The normalized spacial score (nSPS) is 10.6. The summed E-state index contributed by atoms with van der Waals surface area (Å²) < 4.78 is 5.06. The molecule has 0 saturated carbocycles. The van der Waals surface area contributed by atoms with Crippen LogP contribution in [-0.2, 0) is 4.79 Å². The monoisotopic (exact) mass is 327 g/mol. The Morgan fingerprint density at radius 1 is 1.13 bits per heavy atom. The first-order chi connectivity index (χ1) is 11.1. The van der Waals surface area contributed by atoms with Crippen LogP contribution in [0.2, 0.25) is 5.02 Å². The highest BCUT2D eigenvalue weighted by Crippen LogP contribution is 2.16. The van der Waals surface area contributed by atoms with E-state index in [1.807, 2.05) is 6.07 Å². The molecule has 2 N–H and O–H groups in total. The van der Waals surface area contributed by atoms with Gasteiger partial charge in [0.25, 0.3) is 5.91 Å². The van der Waals surface area contributed by atoms with E-state index in [0.29, 0.717) is 10.7 Å². The minimum Gasteiger partial charge on any atom is -0.497 e. The number of amides is 1. The third kappa shape index (κ3) is 4.77. The fourth-order valence-corrected chi connectivity index (χ4v) is 1.85. The summed E-state index contributed by atoms with van der Waals surface area (Å²) in [6.07, 6.45) is 1.35. The van der Waals surface area contributed by atoms with Crippen molar-refractivity contribution in [3.63, 3.8) is 0 Å². The fraction of sp³-hybridized carbons (Fsp3) is 0.0588. The lowest BCUT2D eigenvalue weighted by Crippen LogP contribution is -2.14. The Labute approximate surface area is 139 Å². The number of benzene rings is 2. The van der Waals surface area contributed by atoms with Gasteiger partial charge in [-0.2, -0.15) is 5.26 Å². The van der Waals surface area contributed by atoms with Gasteiger partial charge in [0.05, 0.1) is 7.11 Å². The van der Waals surface area contributed by atoms with Crippen LogP contribution < -0.4 is 15.4 Å². The van der Waals surface area contributed by atoms with Gasteiger partial charge in [0.15, 0.2) is 0 Å². The number of ether oxygens (including phenoxy) is 1. The molecule has 0 fully saturated rings. The first-order valence-corrected chi connectivity index (χ1v) is 7.08. The third-order valence-electron chi connectivity index (χ3n) is 2.94. The second-order valence-corrected chi connectivity index (χ2v) is 4.94. The van der Waals surface area contributed by atoms with Crippen LogP contribution >= 0.6 is 11.6 Å². The summed E-state index contributed by atoms with van der Waals surface area (Å²) in [4.78, 5) is 12.1. The highest BCUT2D eigenvalue weighted by Gasteiger charge is 2.09. The zero-order valence-corrected chi connectivity index (χ0v) is 13.1. The third-order valence-corrected chi connectivity index (χ3v) is 3.19. The molecule has 2 rings (SSSR count). The van der Waals surface area contributed by atoms with Crippen LogP contribution in [0.1, 0.15) is 0 Å². The van der Waals surface area contributed by atoms with Gasteiger partial charge in [0, 0.05) is 22.6 Å². The molecule has 0 aliphatic heterocycles. The molecule has 5 nitrogen and oxygen atoms in total. The number of anilines is 2. The summed E-state index contributed by atoms with van der Waals surface area (Å²) in [5.74, 6) is 0.219. The van der Waals surface area contributed by atoms with Gasteiger partial charge in [-0.1, -0.05) is 11.6 Å². The number of rotatable bonds is 5. The number of hydrogen-bond donors (Lipinski definition) is 2. The lowest BCUT2D eigenvalue weighted by molar-refractivity contribution is -0.112. The van der Waals surface area contributed by atoms with E-state index in [1.54, 1.807) is 55.6 Å². The van der Waals surface area contributed by atoms with Crippen molar-refractivity contribution < 1.29 is 9.53 Å². The number of carbonyl (C=O) groups excluding carboxylic acids is 1. The Bertz CT molecular complexity index is 747. The van der Waals surface area contributed by atoms with Gasteiger partial charge in [-0.3, -0.25) is 4.79 Å². The zero-order valence-electron chi connectivity index (χ0n) is 12.3. The van der Waals surface area contributed by atoms with Crippen molar-refractivity contribution in [2.45, 2.75) is 0 Å². The number of nitrogens with one attached hydrogen (secondary N) is 2. The summed E-state index contributed by atoms with van der Waals surface area (Å²) in [6.45, 7) is 0. The van der Waals surface area contributed by atoms with Crippen molar-refractivity contribution in [3.8, 4) is 11.8 Å². The van der Waals surface area contributed by atoms with Crippen LogP contribution in [0.15, 0.2) is 60.3 Å². The molecule has 116 valence electrons. The van der Waals surface area contributed by atoms with Crippen LogP contribution in [0, 0.1) is 11.3 Å². The van der Waals surface area contributed by atoms with Crippen molar-refractivity contribution in [1.82, 2.24) is 0 Å². The van der Waals surface area contributed by atoms with E-state index in [2.05, 4.69) is 10.6 Å². The summed E-state index contributed by atoms with van der Waals surface area (Å²) in [5, 5.41) is 15.2. The molecule has 0 unspecified atom stereocenters. The second kappa shape index (κ2) is 7.87. The van der Waals surface area contributed by atoms with Gasteiger partial charge in [-0.25, -0.2) is 0 Å². The summed E-state index contributed by atoms with van der Waals surface area (Å²) in [7, 11) is 1.58. The van der Waals surface area contributed by atoms with Crippen molar-refractivity contribution in [2.75, 3.05) is 17.7 Å². The Balaban J connectivity index is 2.03. The molecule has 0 aliphatic rings. The smallest absolute Gasteiger partial charge is 0.267 e. The zero-order chi connectivity index (χ0) is 16.7. The van der Waals surface area contributed by atoms with E-state index in [-0.39, 0.29) is 5.57 Å². The molecule has 1 amide bonds. The number of methoxy groups -OCH3 is 1. The molecule has 0 spiro atoms. The minimum absolute atomic E-state index is 0.0456. The quantitative estimate of drug-likeness (QED) is 0.647. The van der Waals surface area contributed by atoms with Crippen molar-refractivity contribution in [2.24, 2.45) is 0 Å². The Kier molecular flexibility index (Phi) is 5.61. The predicted molar refractivity (Wildman–Crippen MR) is 90.4 cm³/mol. The predicted octanol–water partition coefficient (Wildman–Crippen LogP) is 3.81. The maximum atomic E-state index is 12.1. The molecule has 0 aliphatic carbocycles. The van der Waals surface area contributed by atoms with Gasteiger partial charge in [-0.15, -0.1) is 0 Å². The van der Waals surface area contributed by atoms with Crippen molar-refractivity contribution in [3.05, 3.63) is 65.3 Å². The molecule has 2 aromatic rings. The van der Waals surface area contributed by atoms with Crippen molar-refractivity contribution in [1.29, 1.82) is 5.26 Å². The highest BCUT2D eigenvalue weighted by molar-refractivity contribution is 6.30. The summed E-state index contributed by atoms with van der Waals surface area (Å²) in [6, 6.07) is 15.6.